The Morgan fingerprint density at radius 1 is 1.40 bits per heavy atom. The Morgan fingerprint density at radius 3 is 2.60 bits per heavy atom. The highest BCUT2D eigenvalue weighted by molar-refractivity contribution is 5.75. The zero-order valence-corrected chi connectivity index (χ0v) is 11.2. The van der Waals surface area contributed by atoms with E-state index in [0.717, 1.165) is 0 Å². The number of carboxylic acids is 1. The zero-order valence-electron chi connectivity index (χ0n) is 11.2. The zero-order chi connectivity index (χ0) is 14.8. The summed E-state index contributed by atoms with van der Waals surface area (Å²) in [4.78, 5) is 13.1. The molecule has 0 spiro atoms. The largest absolute Gasteiger partial charge is 0.497 e. The Morgan fingerprint density at radius 2 is 2.05 bits per heavy atom. The third-order valence-corrected chi connectivity index (χ3v) is 3.54. The number of carboxylic acid groups (broad SMARTS) is 1. The van der Waals surface area contributed by atoms with Crippen molar-refractivity contribution in [2.75, 3.05) is 20.2 Å². The van der Waals surface area contributed by atoms with Gasteiger partial charge in [0, 0.05) is 25.9 Å². The van der Waals surface area contributed by atoms with Crippen LogP contribution in [0.25, 0.3) is 0 Å². The van der Waals surface area contributed by atoms with Crippen molar-refractivity contribution in [3.63, 3.8) is 0 Å². The number of nitrogens with zero attached hydrogens (tertiary/aromatic N) is 1. The van der Waals surface area contributed by atoms with E-state index in [1.54, 1.807) is 29.2 Å². The first-order valence-corrected chi connectivity index (χ1v) is 6.41. The molecule has 0 bridgehead atoms. The van der Waals surface area contributed by atoms with Crippen LogP contribution in [-0.4, -0.2) is 42.1 Å². The number of carbonyl (C=O) groups is 1. The van der Waals surface area contributed by atoms with Gasteiger partial charge in [-0.25, -0.2) is 8.78 Å². The molecule has 1 saturated heterocycles. The summed E-state index contributed by atoms with van der Waals surface area (Å²) in [5.74, 6) is -3.17. The molecule has 1 atom stereocenters. The van der Waals surface area contributed by atoms with E-state index in [0.29, 0.717) is 11.3 Å². The summed E-state index contributed by atoms with van der Waals surface area (Å²) in [5, 5.41) is 9.40. The standard InChI is InChI=1S/C14H17F2NO3/c1-20-11-4-2-3-10(9-11)12(13(18)19)17-7-5-14(15,16)6-8-17/h2-4,9,12H,5-8H2,1H3,(H,18,19). The Hall–Kier alpha value is -1.69. The molecule has 1 fully saturated rings. The third-order valence-electron chi connectivity index (χ3n) is 3.54. The number of ether oxygens (including phenoxy) is 1. The molecule has 0 aliphatic carbocycles. The summed E-state index contributed by atoms with van der Waals surface area (Å²) in [6, 6.07) is 5.80. The quantitative estimate of drug-likeness (QED) is 0.923. The predicted octanol–water partition coefficient (Wildman–Crippen LogP) is 2.55. The van der Waals surface area contributed by atoms with Gasteiger partial charge in [0.05, 0.1) is 7.11 Å². The molecular weight excluding hydrogens is 268 g/mol. The number of hydrogen-bond donors (Lipinski definition) is 1. The Balaban J connectivity index is 2.21. The van der Waals surface area contributed by atoms with E-state index in [4.69, 9.17) is 4.74 Å². The van der Waals surface area contributed by atoms with E-state index in [-0.39, 0.29) is 25.9 Å². The number of halogens is 2. The molecule has 1 heterocycles. The molecule has 0 radical (unpaired) electrons. The summed E-state index contributed by atoms with van der Waals surface area (Å²) < 4.78 is 31.4. The molecule has 2 rings (SSSR count). The van der Waals surface area contributed by atoms with Crippen LogP contribution in [-0.2, 0) is 4.79 Å². The number of hydrogen-bond acceptors (Lipinski definition) is 3. The molecule has 4 nitrogen and oxygen atoms in total. The lowest BCUT2D eigenvalue weighted by Crippen LogP contribution is -2.43. The van der Waals surface area contributed by atoms with Crippen molar-refractivity contribution >= 4 is 5.97 Å². The Bertz CT molecular complexity index is 483. The lowest BCUT2D eigenvalue weighted by Gasteiger charge is -2.35. The van der Waals surface area contributed by atoms with Crippen molar-refractivity contribution in [1.82, 2.24) is 4.90 Å². The molecule has 1 aliphatic heterocycles. The minimum Gasteiger partial charge on any atom is -0.497 e. The van der Waals surface area contributed by atoms with Crippen LogP contribution in [0, 0.1) is 0 Å². The molecule has 0 amide bonds. The molecule has 110 valence electrons. The summed E-state index contributed by atoms with van der Waals surface area (Å²) in [6.45, 7) is 0.141. The van der Waals surface area contributed by atoms with E-state index in [1.165, 1.54) is 7.11 Å². The van der Waals surface area contributed by atoms with Crippen molar-refractivity contribution in [3.05, 3.63) is 29.8 Å². The second kappa shape index (κ2) is 5.75. The number of methoxy groups -OCH3 is 1. The van der Waals surface area contributed by atoms with Crippen LogP contribution < -0.4 is 4.74 Å². The Kier molecular flexibility index (Phi) is 4.23. The van der Waals surface area contributed by atoms with Crippen molar-refractivity contribution in [2.24, 2.45) is 0 Å². The second-order valence-corrected chi connectivity index (χ2v) is 4.91. The maximum absolute atomic E-state index is 13.2. The first-order valence-electron chi connectivity index (χ1n) is 6.41. The average Bonchev–Trinajstić information content (AvgIpc) is 2.41. The number of piperidine rings is 1. The van der Waals surface area contributed by atoms with Crippen LogP contribution >= 0.6 is 0 Å². The minimum atomic E-state index is -2.69. The van der Waals surface area contributed by atoms with Crippen molar-refractivity contribution in [1.29, 1.82) is 0 Å². The fourth-order valence-corrected chi connectivity index (χ4v) is 2.43. The maximum atomic E-state index is 13.2. The van der Waals surface area contributed by atoms with Crippen molar-refractivity contribution in [3.8, 4) is 5.75 Å². The number of alkyl halides is 2. The topological polar surface area (TPSA) is 49.8 Å². The number of aliphatic carboxylic acids is 1. The van der Waals surface area contributed by atoms with Gasteiger partial charge in [-0.05, 0) is 17.7 Å². The van der Waals surface area contributed by atoms with Gasteiger partial charge in [-0.3, -0.25) is 9.69 Å². The first-order chi connectivity index (χ1) is 9.43. The molecule has 1 aromatic rings. The van der Waals surface area contributed by atoms with Gasteiger partial charge in [-0.1, -0.05) is 12.1 Å². The van der Waals surface area contributed by atoms with Gasteiger partial charge >= 0.3 is 5.97 Å². The molecular formula is C14H17F2NO3. The molecule has 0 saturated carbocycles. The van der Waals surface area contributed by atoms with Crippen LogP contribution in [0.4, 0.5) is 8.78 Å². The lowest BCUT2D eigenvalue weighted by molar-refractivity contribution is -0.146. The highest BCUT2D eigenvalue weighted by atomic mass is 19.3. The highest BCUT2D eigenvalue weighted by Crippen LogP contribution is 2.33. The van der Waals surface area contributed by atoms with E-state index >= 15 is 0 Å². The molecule has 1 aliphatic rings. The van der Waals surface area contributed by atoms with Crippen LogP contribution in [0.2, 0.25) is 0 Å². The van der Waals surface area contributed by atoms with Crippen LogP contribution in [0.1, 0.15) is 24.4 Å². The smallest absolute Gasteiger partial charge is 0.325 e. The van der Waals surface area contributed by atoms with Crippen LogP contribution in [0.5, 0.6) is 5.75 Å². The van der Waals surface area contributed by atoms with E-state index in [2.05, 4.69) is 0 Å². The van der Waals surface area contributed by atoms with Crippen molar-refractivity contribution < 1.29 is 23.4 Å². The number of benzene rings is 1. The fourth-order valence-electron chi connectivity index (χ4n) is 2.43. The van der Waals surface area contributed by atoms with Gasteiger partial charge in [0.2, 0.25) is 0 Å². The van der Waals surface area contributed by atoms with Gasteiger partial charge in [0.1, 0.15) is 11.8 Å². The monoisotopic (exact) mass is 285 g/mol. The summed E-state index contributed by atoms with van der Waals surface area (Å²) in [5.41, 5.74) is 0.544. The molecule has 1 unspecified atom stereocenters. The Labute approximate surface area is 116 Å². The van der Waals surface area contributed by atoms with Crippen molar-refractivity contribution in [2.45, 2.75) is 24.8 Å². The van der Waals surface area contributed by atoms with Crippen LogP contribution in [0.3, 0.4) is 0 Å². The van der Waals surface area contributed by atoms with E-state index in [9.17, 15) is 18.7 Å². The van der Waals surface area contributed by atoms with Gasteiger partial charge in [-0.15, -0.1) is 0 Å². The maximum Gasteiger partial charge on any atom is 0.325 e. The summed E-state index contributed by atoms with van der Waals surface area (Å²) >= 11 is 0. The molecule has 20 heavy (non-hydrogen) atoms. The molecule has 6 heteroatoms. The van der Waals surface area contributed by atoms with E-state index in [1.807, 2.05) is 0 Å². The van der Waals surface area contributed by atoms with E-state index < -0.39 is 17.9 Å². The molecule has 1 aromatic carbocycles. The summed E-state index contributed by atoms with van der Waals surface area (Å²) in [6.07, 6.45) is -0.610. The van der Waals surface area contributed by atoms with Gasteiger partial charge in [0.15, 0.2) is 0 Å². The number of rotatable bonds is 4. The molecule has 1 N–H and O–H groups in total. The first kappa shape index (κ1) is 14.7. The molecule has 0 aromatic heterocycles. The van der Waals surface area contributed by atoms with Gasteiger partial charge < -0.3 is 9.84 Å². The second-order valence-electron chi connectivity index (χ2n) is 4.91. The predicted molar refractivity (Wildman–Crippen MR) is 69.1 cm³/mol. The fraction of sp³-hybridized carbons (Fsp3) is 0.500. The lowest BCUT2D eigenvalue weighted by atomic mass is 10.00. The van der Waals surface area contributed by atoms with Gasteiger partial charge in [0.25, 0.3) is 5.92 Å². The average molecular weight is 285 g/mol. The van der Waals surface area contributed by atoms with Gasteiger partial charge in [-0.2, -0.15) is 0 Å². The SMILES string of the molecule is COc1cccc(C(C(=O)O)N2CCC(F)(F)CC2)c1. The highest BCUT2D eigenvalue weighted by Gasteiger charge is 2.38. The normalized spacial score (nSPS) is 20.4. The summed E-state index contributed by atoms with van der Waals surface area (Å²) in [7, 11) is 1.50. The van der Waals surface area contributed by atoms with Crippen LogP contribution in [0.15, 0.2) is 24.3 Å². The minimum absolute atomic E-state index is 0.0706. The third kappa shape index (κ3) is 3.25. The number of likely N-dealkylation sites (tertiary alicyclic amines) is 1.